The van der Waals surface area contributed by atoms with Crippen molar-refractivity contribution < 1.29 is 9.53 Å². The van der Waals surface area contributed by atoms with E-state index in [0.717, 1.165) is 66.2 Å². The van der Waals surface area contributed by atoms with Gasteiger partial charge in [-0.25, -0.2) is 4.98 Å². The van der Waals surface area contributed by atoms with Crippen LogP contribution in [0, 0.1) is 0 Å². The lowest BCUT2D eigenvalue weighted by Gasteiger charge is -2.38. The molecule has 0 unspecified atom stereocenters. The third-order valence-corrected chi connectivity index (χ3v) is 7.75. The number of benzene rings is 1. The zero-order valence-corrected chi connectivity index (χ0v) is 20.4. The van der Waals surface area contributed by atoms with Crippen LogP contribution in [0.25, 0.3) is 11.1 Å². The molecule has 1 aromatic carbocycles. The molecule has 3 aliphatic rings. The lowest BCUT2D eigenvalue weighted by Crippen LogP contribution is -2.44. The quantitative estimate of drug-likeness (QED) is 0.577. The topological polar surface area (TPSA) is 84.3 Å². The molecule has 3 aliphatic heterocycles. The zero-order valence-electron chi connectivity index (χ0n) is 20.4. The number of hydrogen-bond acceptors (Lipinski definition) is 6. The number of ether oxygens (including phenoxy) is 1. The first kappa shape index (κ1) is 22.1. The number of rotatable bonds is 5. The summed E-state index contributed by atoms with van der Waals surface area (Å²) >= 11 is 0. The average Bonchev–Trinajstić information content (AvgIpc) is 3.50. The molecular weight excluding hydrogens is 440 g/mol. The summed E-state index contributed by atoms with van der Waals surface area (Å²) < 4.78 is 7.71. The molecule has 0 radical (unpaired) electrons. The first-order valence-corrected chi connectivity index (χ1v) is 12.6. The summed E-state index contributed by atoms with van der Waals surface area (Å²) in [5.41, 5.74) is 7.14. The number of aromatic nitrogens is 3. The lowest BCUT2D eigenvalue weighted by atomic mass is 9.94. The summed E-state index contributed by atoms with van der Waals surface area (Å²) in [6.45, 7) is 4.63. The number of hydrogen-bond donors (Lipinski definition) is 2. The number of nitrogens with zero attached hydrogens (tertiary/aromatic N) is 4. The second-order valence-corrected chi connectivity index (χ2v) is 9.85. The van der Waals surface area contributed by atoms with Gasteiger partial charge in [-0.05, 0) is 68.4 Å². The third-order valence-electron chi connectivity index (χ3n) is 7.75. The summed E-state index contributed by atoms with van der Waals surface area (Å²) in [4.78, 5) is 19.9. The number of amides is 1. The minimum Gasteiger partial charge on any atom is -0.380 e. The number of anilines is 3. The van der Waals surface area contributed by atoms with Gasteiger partial charge in [0.25, 0.3) is 5.91 Å². The molecule has 0 spiro atoms. The molecule has 5 heterocycles. The number of methoxy groups -OCH3 is 1. The van der Waals surface area contributed by atoms with Gasteiger partial charge in [0.05, 0.1) is 35.4 Å². The molecule has 0 bridgehead atoms. The second kappa shape index (κ2) is 9.00. The van der Waals surface area contributed by atoms with E-state index in [0.29, 0.717) is 18.2 Å². The van der Waals surface area contributed by atoms with Crippen molar-refractivity contribution in [3.63, 3.8) is 0 Å². The maximum absolute atomic E-state index is 12.8. The van der Waals surface area contributed by atoms with Crippen molar-refractivity contribution in [2.45, 2.75) is 64.3 Å². The Kier molecular flexibility index (Phi) is 5.68. The van der Waals surface area contributed by atoms with Crippen molar-refractivity contribution in [2.75, 3.05) is 23.9 Å². The van der Waals surface area contributed by atoms with E-state index in [1.807, 2.05) is 24.5 Å². The largest absolute Gasteiger partial charge is 0.380 e. The number of carbonyl (C=O) groups is 1. The van der Waals surface area contributed by atoms with E-state index in [-0.39, 0.29) is 12.0 Å². The van der Waals surface area contributed by atoms with E-state index < -0.39 is 0 Å². The molecule has 6 rings (SSSR count). The molecule has 2 aromatic heterocycles. The fourth-order valence-corrected chi connectivity index (χ4v) is 5.74. The maximum Gasteiger partial charge on any atom is 0.254 e. The molecule has 2 atom stereocenters. The van der Waals surface area contributed by atoms with Gasteiger partial charge in [-0.15, -0.1) is 0 Å². The van der Waals surface area contributed by atoms with Crippen LogP contribution in [0.5, 0.6) is 0 Å². The Balaban J connectivity index is 1.27. The Bertz CT molecular complexity index is 1250. The van der Waals surface area contributed by atoms with Crippen LogP contribution in [0.2, 0.25) is 0 Å². The number of piperidine rings is 1. The van der Waals surface area contributed by atoms with E-state index >= 15 is 0 Å². The number of aryl methyl sites for hydroxylation is 1. The summed E-state index contributed by atoms with van der Waals surface area (Å²) in [6.07, 6.45) is 9.70. The lowest BCUT2D eigenvalue weighted by molar-refractivity contribution is 0.0828. The summed E-state index contributed by atoms with van der Waals surface area (Å²) in [7, 11) is 1.78. The van der Waals surface area contributed by atoms with Crippen molar-refractivity contribution in [1.82, 2.24) is 20.1 Å². The molecule has 8 heteroatoms. The predicted octanol–water partition coefficient (Wildman–Crippen LogP) is 4.27. The Morgan fingerprint density at radius 1 is 1.11 bits per heavy atom. The number of nitrogens with one attached hydrogen (secondary N) is 2. The fraction of sp³-hybridized carbons (Fsp3) is 0.444. The Labute approximate surface area is 205 Å². The van der Waals surface area contributed by atoms with Crippen LogP contribution in [-0.4, -0.2) is 46.5 Å². The molecule has 1 amide bonds. The monoisotopic (exact) mass is 472 g/mol. The number of pyridine rings is 1. The smallest absolute Gasteiger partial charge is 0.254 e. The molecule has 3 aromatic rings. The molecule has 35 heavy (non-hydrogen) atoms. The molecule has 182 valence electrons. The number of carbonyl (C=O) groups excluding carboxylic acids is 1. The highest BCUT2D eigenvalue weighted by Crippen LogP contribution is 2.37. The summed E-state index contributed by atoms with van der Waals surface area (Å²) in [5.74, 6) is 0.675. The fourth-order valence-electron chi connectivity index (χ4n) is 5.74. The van der Waals surface area contributed by atoms with Gasteiger partial charge < -0.3 is 20.3 Å². The van der Waals surface area contributed by atoms with Gasteiger partial charge in [0.15, 0.2) is 0 Å². The van der Waals surface area contributed by atoms with Crippen LogP contribution in [-0.2, 0) is 24.2 Å². The van der Waals surface area contributed by atoms with Gasteiger partial charge in [0, 0.05) is 44.0 Å². The van der Waals surface area contributed by atoms with E-state index in [2.05, 4.69) is 49.4 Å². The van der Waals surface area contributed by atoms with Crippen molar-refractivity contribution in [3.8, 4) is 11.1 Å². The van der Waals surface area contributed by atoms with Gasteiger partial charge in [0.1, 0.15) is 5.82 Å². The second-order valence-electron chi connectivity index (χ2n) is 9.85. The number of fused-ring (bicyclic) bond motifs is 2. The molecule has 8 nitrogen and oxygen atoms in total. The molecule has 0 saturated carbocycles. The van der Waals surface area contributed by atoms with E-state index in [1.165, 1.54) is 18.5 Å². The van der Waals surface area contributed by atoms with E-state index in [4.69, 9.17) is 4.74 Å². The normalized spacial score (nSPS) is 21.4. The van der Waals surface area contributed by atoms with Crippen LogP contribution in [0.3, 0.4) is 0 Å². The predicted molar refractivity (Wildman–Crippen MR) is 136 cm³/mol. The average molecular weight is 473 g/mol. The molecule has 1 saturated heterocycles. The highest BCUT2D eigenvalue weighted by molar-refractivity contribution is 6.06. The highest BCUT2D eigenvalue weighted by atomic mass is 16.5. The van der Waals surface area contributed by atoms with Crippen LogP contribution in [0.1, 0.15) is 54.2 Å². The zero-order chi connectivity index (χ0) is 23.9. The molecule has 2 N–H and O–H groups in total. The first-order valence-electron chi connectivity index (χ1n) is 12.6. The summed E-state index contributed by atoms with van der Waals surface area (Å²) in [5, 5.41) is 11.0. The van der Waals surface area contributed by atoms with Gasteiger partial charge in [-0.1, -0.05) is 6.07 Å². The van der Waals surface area contributed by atoms with Gasteiger partial charge in [-0.2, -0.15) is 5.10 Å². The van der Waals surface area contributed by atoms with Crippen molar-refractivity contribution in [2.24, 2.45) is 0 Å². The Morgan fingerprint density at radius 3 is 2.86 bits per heavy atom. The SMILES string of the molecule is CO[C@@H]1CC[C@@H](C)N(c2ccc(Nc3ccc(-c4cnn5c4CCCC5)c4c3C(=O)NC4)nc2)C1. The first-order chi connectivity index (χ1) is 17.1. The maximum atomic E-state index is 12.8. The van der Waals surface area contributed by atoms with Gasteiger partial charge >= 0.3 is 0 Å². The standard InChI is InChI=1S/C27H32N6O2/c1-17-6-8-19(35-2)16-32(17)18-7-11-25(28-13-18)31-23-10-9-20(22-14-29-27(34)26(22)23)21-15-30-33-12-4-3-5-24(21)33/h7,9-11,13,15,17,19H,3-6,8,12,14,16H2,1-2H3,(H,28,31)(H,29,34)/t17-,19-/m1/s1. The van der Waals surface area contributed by atoms with Crippen LogP contribution < -0.4 is 15.5 Å². The molecular formula is C27H32N6O2. The van der Waals surface area contributed by atoms with Crippen LogP contribution in [0.15, 0.2) is 36.7 Å². The van der Waals surface area contributed by atoms with Gasteiger partial charge in [-0.3, -0.25) is 9.48 Å². The van der Waals surface area contributed by atoms with Crippen LogP contribution in [0.4, 0.5) is 17.2 Å². The minimum atomic E-state index is -0.0465. The molecule has 0 aliphatic carbocycles. The Morgan fingerprint density at radius 2 is 2.03 bits per heavy atom. The Hall–Kier alpha value is -3.39. The van der Waals surface area contributed by atoms with Crippen LogP contribution >= 0.6 is 0 Å². The van der Waals surface area contributed by atoms with Gasteiger partial charge in [0.2, 0.25) is 0 Å². The minimum absolute atomic E-state index is 0.0465. The third kappa shape index (κ3) is 3.95. The highest BCUT2D eigenvalue weighted by Gasteiger charge is 2.29. The molecule has 1 fully saturated rings. The van der Waals surface area contributed by atoms with Crippen molar-refractivity contribution in [3.05, 3.63) is 53.5 Å². The van der Waals surface area contributed by atoms with E-state index in [1.54, 1.807) is 7.11 Å². The summed E-state index contributed by atoms with van der Waals surface area (Å²) in [6, 6.07) is 8.65. The van der Waals surface area contributed by atoms with Crippen molar-refractivity contribution >= 4 is 23.1 Å². The van der Waals surface area contributed by atoms with Crippen molar-refractivity contribution in [1.29, 1.82) is 0 Å². The van der Waals surface area contributed by atoms with E-state index in [9.17, 15) is 4.79 Å².